The number of furan rings is 1. The van der Waals surface area contributed by atoms with E-state index in [1.807, 2.05) is 50.2 Å². The van der Waals surface area contributed by atoms with Crippen LogP contribution < -0.4 is 10.7 Å². The average Bonchev–Trinajstić information content (AvgIpc) is 3.12. The highest BCUT2D eigenvalue weighted by molar-refractivity contribution is 5.93. The molecule has 6 nitrogen and oxygen atoms in total. The van der Waals surface area contributed by atoms with Crippen LogP contribution in [0.1, 0.15) is 37.5 Å². The molecule has 6 heteroatoms. The second-order valence-electron chi connectivity index (χ2n) is 5.88. The molecule has 0 saturated carbocycles. The lowest BCUT2D eigenvalue weighted by atomic mass is 10.2. The van der Waals surface area contributed by atoms with Gasteiger partial charge in [0, 0.05) is 30.7 Å². The number of hydrogen-bond acceptors (Lipinski definition) is 4. The van der Waals surface area contributed by atoms with Crippen LogP contribution in [0.4, 0.5) is 5.69 Å². The molecule has 0 atom stereocenters. The van der Waals surface area contributed by atoms with Gasteiger partial charge in [-0.05, 0) is 44.5 Å². The maximum absolute atomic E-state index is 11.8. The number of benzene rings is 1. The molecule has 1 aromatic heterocycles. The van der Waals surface area contributed by atoms with Crippen LogP contribution in [-0.2, 0) is 16.0 Å². The monoisotopic (exact) mass is 341 g/mol. The van der Waals surface area contributed by atoms with Crippen molar-refractivity contribution in [1.29, 1.82) is 0 Å². The van der Waals surface area contributed by atoms with Crippen LogP contribution in [-0.4, -0.2) is 17.5 Å². The van der Waals surface area contributed by atoms with Gasteiger partial charge in [0.15, 0.2) is 0 Å². The molecule has 0 unspecified atom stereocenters. The summed E-state index contributed by atoms with van der Waals surface area (Å²) >= 11 is 0. The third kappa shape index (κ3) is 7.03. The number of amides is 2. The molecule has 25 heavy (non-hydrogen) atoms. The highest BCUT2D eigenvalue weighted by Gasteiger charge is 2.07. The topological polar surface area (TPSA) is 83.7 Å². The van der Waals surface area contributed by atoms with Crippen LogP contribution in [0.15, 0.2) is 52.2 Å². The molecule has 2 rings (SSSR count). The van der Waals surface area contributed by atoms with Crippen molar-refractivity contribution in [2.24, 2.45) is 5.10 Å². The summed E-state index contributed by atoms with van der Waals surface area (Å²) in [4.78, 5) is 23.6. The van der Waals surface area contributed by atoms with Crippen molar-refractivity contribution in [2.45, 2.75) is 39.5 Å². The number of carbonyl (C=O) groups is 2. The number of rotatable bonds is 8. The van der Waals surface area contributed by atoms with E-state index in [1.165, 1.54) is 0 Å². The van der Waals surface area contributed by atoms with Crippen molar-refractivity contribution < 1.29 is 14.0 Å². The van der Waals surface area contributed by atoms with E-state index in [2.05, 4.69) is 15.8 Å². The van der Waals surface area contributed by atoms with Gasteiger partial charge >= 0.3 is 0 Å². The Bertz CT molecular complexity index is 719. The number of hydrogen-bond donors (Lipinski definition) is 2. The van der Waals surface area contributed by atoms with Gasteiger partial charge in [0.05, 0.1) is 6.26 Å². The Morgan fingerprint density at radius 3 is 2.44 bits per heavy atom. The standard InChI is InChI=1S/C19H23N3O3/c1-14-5-8-16(9-6-14)20-18(23)11-12-19(24)22-21-15(2)7-10-17-4-3-13-25-17/h3-6,8-9,13H,7,10-12H2,1-2H3,(H,20,23)(H,22,24)/b21-15+. The minimum absolute atomic E-state index is 0.0899. The van der Waals surface area contributed by atoms with Crippen molar-refractivity contribution in [3.63, 3.8) is 0 Å². The molecule has 0 fully saturated rings. The van der Waals surface area contributed by atoms with E-state index in [0.717, 1.165) is 29.1 Å². The first-order valence-electron chi connectivity index (χ1n) is 8.24. The van der Waals surface area contributed by atoms with Crippen molar-refractivity contribution in [3.05, 3.63) is 54.0 Å². The van der Waals surface area contributed by atoms with E-state index in [4.69, 9.17) is 4.42 Å². The molecular weight excluding hydrogens is 318 g/mol. The third-order valence-corrected chi connectivity index (χ3v) is 3.60. The summed E-state index contributed by atoms with van der Waals surface area (Å²) in [5.74, 6) is 0.405. The van der Waals surface area contributed by atoms with Gasteiger partial charge in [-0.2, -0.15) is 5.10 Å². The number of anilines is 1. The first-order valence-corrected chi connectivity index (χ1v) is 8.24. The van der Waals surface area contributed by atoms with Crippen LogP contribution in [0, 0.1) is 6.92 Å². The Hall–Kier alpha value is -2.89. The second-order valence-corrected chi connectivity index (χ2v) is 5.88. The summed E-state index contributed by atoms with van der Waals surface area (Å²) in [6.45, 7) is 3.82. The number of nitrogens with one attached hydrogen (secondary N) is 2. The fourth-order valence-corrected chi connectivity index (χ4v) is 2.12. The molecule has 2 amide bonds. The fourth-order valence-electron chi connectivity index (χ4n) is 2.12. The Morgan fingerprint density at radius 1 is 1.04 bits per heavy atom. The molecule has 0 radical (unpaired) electrons. The quantitative estimate of drug-likeness (QED) is 0.570. The van der Waals surface area contributed by atoms with E-state index in [1.54, 1.807) is 6.26 Å². The summed E-state index contributed by atoms with van der Waals surface area (Å²) in [5.41, 5.74) is 5.13. The molecule has 2 N–H and O–H groups in total. The Labute approximate surface area is 147 Å². The smallest absolute Gasteiger partial charge is 0.240 e. The molecule has 1 heterocycles. The van der Waals surface area contributed by atoms with Gasteiger partial charge in [0.1, 0.15) is 5.76 Å². The fraction of sp³-hybridized carbons (Fsp3) is 0.316. The van der Waals surface area contributed by atoms with Crippen LogP contribution in [0.2, 0.25) is 0 Å². The van der Waals surface area contributed by atoms with E-state index in [-0.39, 0.29) is 24.7 Å². The predicted molar refractivity (Wildman–Crippen MR) is 97.3 cm³/mol. The van der Waals surface area contributed by atoms with Crippen molar-refractivity contribution in [3.8, 4) is 0 Å². The highest BCUT2D eigenvalue weighted by atomic mass is 16.3. The molecule has 0 spiro atoms. The average molecular weight is 341 g/mol. The number of hydrazone groups is 1. The largest absolute Gasteiger partial charge is 0.469 e. The lowest BCUT2D eigenvalue weighted by Gasteiger charge is -2.05. The Kier molecular flexibility index (Phi) is 6.95. The van der Waals surface area contributed by atoms with Gasteiger partial charge in [-0.15, -0.1) is 0 Å². The van der Waals surface area contributed by atoms with Crippen LogP contribution in [0.5, 0.6) is 0 Å². The van der Waals surface area contributed by atoms with Crippen LogP contribution >= 0.6 is 0 Å². The molecule has 0 aliphatic carbocycles. The summed E-state index contributed by atoms with van der Waals surface area (Å²) in [6.07, 6.45) is 3.26. The molecule has 132 valence electrons. The maximum Gasteiger partial charge on any atom is 0.240 e. The Morgan fingerprint density at radius 2 is 1.76 bits per heavy atom. The Balaban J connectivity index is 1.66. The molecule has 0 bridgehead atoms. The number of aryl methyl sites for hydroxylation is 2. The minimum Gasteiger partial charge on any atom is -0.469 e. The third-order valence-electron chi connectivity index (χ3n) is 3.60. The molecule has 0 saturated heterocycles. The lowest BCUT2D eigenvalue weighted by Crippen LogP contribution is -2.21. The highest BCUT2D eigenvalue weighted by Crippen LogP contribution is 2.09. The summed E-state index contributed by atoms with van der Waals surface area (Å²) in [7, 11) is 0. The second kappa shape index (κ2) is 9.42. The van der Waals surface area contributed by atoms with Gasteiger partial charge in [0.25, 0.3) is 0 Å². The first-order chi connectivity index (χ1) is 12.0. The summed E-state index contributed by atoms with van der Waals surface area (Å²) < 4.78 is 5.24. The van der Waals surface area contributed by atoms with Crippen molar-refractivity contribution in [2.75, 3.05) is 5.32 Å². The van der Waals surface area contributed by atoms with Gasteiger partial charge in [-0.25, -0.2) is 5.43 Å². The van der Waals surface area contributed by atoms with Crippen molar-refractivity contribution in [1.82, 2.24) is 5.43 Å². The number of carbonyl (C=O) groups excluding carboxylic acids is 2. The predicted octanol–water partition coefficient (Wildman–Crippen LogP) is 3.43. The van der Waals surface area contributed by atoms with E-state index in [0.29, 0.717) is 6.42 Å². The van der Waals surface area contributed by atoms with Gasteiger partial charge in [-0.1, -0.05) is 17.7 Å². The van der Waals surface area contributed by atoms with E-state index < -0.39 is 0 Å². The lowest BCUT2D eigenvalue weighted by molar-refractivity contribution is -0.124. The number of nitrogens with zero attached hydrogens (tertiary/aromatic N) is 1. The van der Waals surface area contributed by atoms with E-state index in [9.17, 15) is 9.59 Å². The zero-order valence-electron chi connectivity index (χ0n) is 14.5. The first kappa shape index (κ1) is 18.4. The van der Waals surface area contributed by atoms with Crippen molar-refractivity contribution >= 4 is 23.2 Å². The molecule has 2 aromatic rings. The molecule has 1 aromatic carbocycles. The van der Waals surface area contributed by atoms with E-state index >= 15 is 0 Å². The van der Waals surface area contributed by atoms with Crippen LogP contribution in [0.3, 0.4) is 0 Å². The molecule has 0 aliphatic heterocycles. The minimum atomic E-state index is -0.281. The van der Waals surface area contributed by atoms with Gasteiger partial charge < -0.3 is 9.73 Å². The van der Waals surface area contributed by atoms with Crippen LogP contribution in [0.25, 0.3) is 0 Å². The summed E-state index contributed by atoms with van der Waals surface area (Å²) in [5, 5.41) is 6.80. The maximum atomic E-state index is 11.8. The van der Waals surface area contributed by atoms with Gasteiger partial charge in [0.2, 0.25) is 11.8 Å². The summed E-state index contributed by atoms with van der Waals surface area (Å²) in [6, 6.07) is 11.2. The normalized spacial score (nSPS) is 11.2. The molecule has 0 aliphatic rings. The van der Waals surface area contributed by atoms with Gasteiger partial charge in [-0.3, -0.25) is 9.59 Å². The SMILES string of the molecule is C/C(CCc1ccco1)=N\NC(=O)CCC(=O)Nc1ccc(C)cc1. The zero-order chi connectivity index (χ0) is 18.1. The molecular formula is C19H23N3O3. The zero-order valence-corrected chi connectivity index (χ0v) is 14.5.